The van der Waals surface area contributed by atoms with Crippen LogP contribution in [0.2, 0.25) is 18.1 Å². The van der Waals surface area contributed by atoms with Crippen LogP contribution in [-0.2, 0) is 20.9 Å². The summed E-state index contributed by atoms with van der Waals surface area (Å²) in [5.74, 6) is 0.164. The predicted octanol–water partition coefficient (Wildman–Crippen LogP) is 4.94. The minimum atomic E-state index is -2.29. The number of likely N-dealkylation sites (tertiary alicyclic amines) is 1. The smallest absolute Gasteiger partial charge is 0.329 e. The van der Waals surface area contributed by atoms with Crippen molar-refractivity contribution in [2.45, 2.75) is 82.8 Å². The van der Waals surface area contributed by atoms with Crippen LogP contribution in [0, 0.1) is 5.92 Å². The van der Waals surface area contributed by atoms with E-state index in [-0.39, 0.29) is 29.4 Å². The zero-order valence-electron chi connectivity index (χ0n) is 18.1. The monoisotopic (exact) mass is 401 g/mol. The molecule has 0 bridgehead atoms. The van der Waals surface area contributed by atoms with E-state index in [0.29, 0.717) is 13.0 Å². The van der Waals surface area contributed by atoms with Crippen molar-refractivity contribution in [2.24, 2.45) is 5.92 Å². The lowest BCUT2D eigenvalue weighted by molar-refractivity contribution is -0.169. The van der Waals surface area contributed by atoms with Gasteiger partial charge in [-0.05, 0) is 29.4 Å². The quantitative estimate of drug-likeness (QED) is 0.385. The Labute approximate surface area is 170 Å². The summed E-state index contributed by atoms with van der Waals surface area (Å²) in [5.41, 5.74) is 0.987. The molecule has 3 rings (SSSR count). The van der Waals surface area contributed by atoms with Gasteiger partial charge in [0.2, 0.25) is 5.91 Å². The zero-order valence-corrected chi connectivity index (χ0v) is 19.1. The number of hydrogen-bond acceptors (Lipinski definition) is 3. The van der Waals surface area contributed by atoms with Crippen LogP contribution in [0.4, 0.5) is 0 Å². The van der Waals surface area contributed by atoms with E-state index < -0.39 is 13.2 Å². The third-order valence-electron chi connectivity index (χ3n) is 7.57. The molecule has 1 heterocycles. The van der Waals surface area contributed by atoms with Gasteiger partial charge in [0, 0.05) is 13.0 Å². The number of ether oxygens (including phenoxy) is 1. The van der Waals surface area contributed by atoms with Crippen molar-refractivity contribution >= 4 is 20.0 Å². The van der Waals surface area contributed by atoms with Crippen molar-refractivity contribution in [3.63, 3.8) is 0 Å². The minimum Gasteiger partial charge on any atom is -0.459 e. The third-order valence-corrected chi connectivity index (χ3v) is 14.1. The Morgan fingerprint density at radius 3 is 2.21 bits per heavy atom. The van der Waals surface area contributed by atoms with Crippen LogP contribution in [0.15, 0.2) is 30.3 Å². The Balaban J connectivity index is 2.03. The molecule has 0 spiro atoms. The lowest BCUT2D eigenvalue weighted by Gasteiger charge is -2.60. The van der Waals surface area contributed by atoms with Gasteiger partial charge in [0.1, 0.15) is 11.8 Å². The molecular formula is C23H35NO3Si. The second-order valence-electron chi connectivity index (χ2n) is 9.98. The average molecular weight is 402 g/mol. The second kappa shape index (κ2) is 7.66. The molecule has 2 fully saturated rings. The van der Waals surface area contributed by atoms with Gasteiger partial charge in [0.25, 0.3) is 0 Å². The van der Waals surface area contributed by atoms with E-state index in [0.717, 1.165) is 31.2 Å². The Bertz CT molecular complexity index is 719. The van der Waals surface area contributed by atoms with E-state index in [1.807, 2.05) is 35.2 Å². The number of carbonyl (C=O) groups is 2. The summed E-state index contributed by atoms with van der Waals surface area (Å²) in [6, 6.07) is 9.83. The fraction of sp³-hybridized carbons (Fsp3) is 0.652. The van der Waals surface area contributed by atoms with Gasteiger partial charge in [-0.15, -0.1) is 0 Å². The number of hydrogen-bond donors (Lipinski definition) is 0. The van der Waals surface area contributed by atoms with Crippen LogP contribution in [0.1, 0.15) is 58.4 Å². The highest BCUT2D eigenvalue weighted by molar-refractivity contribution is 6.86. The molecule has 1 saturated heterocycles. The van der Waals surface area contributed by atoms with Crippen molar-refractivity contribution in [2.75, 3.05) is 6.54 Å². The fourth-order valence-corrected chi connectivity index (χ4v) is 8.98. The summed E-state index contributed by atoms with van der Waals surface area (Å²) < 4.78 is 5.99. The predicted molar refractivity (Wildman–Crippen MR) is 114 cm³/mol. The largest absolute Gasteiger partial charge is 0.459 e. The van der Waals surface area contributed by atoms with E-state index in [1.165, 1.54) is 0 Å². The molecule has 1 atom stereocenters. The highest BCUT2D eigenvalue weighted by Gasteiger charge is 2.67. The first-order valence-electron chi connectivity index (χ1n) is 10.6. The second-order valence-corrected chi connectivity index (χ2v) is 15.5. The van der Waals surface area contributed by atoms with Crippen LogP contribution >= 0.6 is 0 Å². The molecule has 0 radical (unpaired) electrons. The first-order chi connectivity index (χ1) is 13.1. The Morgan fingerprint density at radius 2 is 1.75 bits per heavy atom. The molecule has 2 aliphatic rings. The van der Waals surface area contributed by atoms with E-state index in [4.69, 9.17) is 4.74 Å². The van der Waals surface area contributed by atoms with Gasteiger partial charge >= 0.3 is 5.97 Å². The van der Waals surface area contributed by atoms with Gasteiger partial charge in [-0.2, -0.15) is 0 Å². The van der Waals surface area contributed by atoms with E-state index >= 15 is 0 Å². The van der Waals surface area contributed by atoms with Gasteiger partial charge < -0.3 is 9.64 Å². The first-order valence-corrected chi connectivity index (χ1v) is 13.6. The summed E-state index contributed by atoms with van der Waals surface area (Å²) in [4.78, 5) is 28.6. The lowest BCUT2D eigenvalue weighted by Crippen LogP contribution is -2.79. The molecule has 1 aliphatic carbocycles. The highest BCUT2D eigenvalue weighted by atomic mass is 28.3. The molecular weight excluding hydrogens is 366 g/mol. The van der Waals surface area contributed by atoms with Crippen molar-refractivity contribution in [3.05, 3.63) is 35.9 Å². The summed E-state index contributed by atoms with van der Waals surface area (Å²) in [6.45, 7) is 12.2. The Morgan fingerprint density at radius 1 is 1.14 bits per heavy atom. The Hall–Kier alpha value is -1.62. The van der Waals surface area contributed by atoms with Crippen molar-refractivity contribution in [1.29, 1.82) is 0 Å². The number of benzene rings is 1. The highest BCUT2D eigenvalue weighted by Crippen LogP contribution is 2.54. The number of nitrogens with zero attached hydrogens (tertiary/aromatic N) is 1. The van der Waals surface area contributed by atoms with Crippen molar-refractivity contribution in [3.8, 4) is 0 Å². The molecule has 28 heavy (non-hydrogen) atoms. The minimum absolute atomic E-state index is 0.0305. The van der Waals surface area contributed by atoms with Crippen molar-refractivity contribution in [1.82, 2.24) is 4.90 Å². The third kappa shape index (κ3) is 3.32. The maximum Gasteiger partial charge on any atom is 0.329 e. The van der Waals surface area contributed by atoms with Crippen LogP contribution < -0.4 is 0 Å². The molecule has 0 N–H and O–H groups in total. The number of esters is 1. The van der Waals surface area contributed by atoms with Gasteiger partial charge in [-0.3, -0.25) is 4.79 Å². The maximum absolute atomic E-state index is 13.9. The van der Waals surface area contributed by atoms with E-state index in [2.05, 4.69) is 33.9 Å². The number of amides is 1. The molecule has 0 unspecified atom stereocenters. The summed E-state index contributed by atoms with van der Waals surface area (Å²) in [5, 5.41) is -0.802. The van der Waals surface area contributed by atoms with E-state index in [9.17, 15) is 9.59 Å². The van der Waals surface area contributed by atoms with Crippen LogP contribution in [0.3, 0.4) is 0 Å². The van der Waals surface area contributed by atoms with E-state index in [1.54, 1.807) is 0 Å². The zero-order chi connectivity index (χ0) is 20.6. The van der Waals surface area contributed by atoms with Gasteiger partial charge in [-0.1, -0.05) is 77.0 Å². The molecule has 1 aromatic carbocycles. The lowest BCUT2D eigenvalue weighted by atomic mass is 9.92. The maximum atomic E-state index is 13.9. The normalized spacial score (nSPS) is 20.6. The van der Waals surface area contributed by atoms with Crippen molar-refractivity contribution < 1.29 is 14.3 Å². The standard InChI is InChI=1S/C23H35NO3Si/c1-22(2,3)28(4,5)23(19-13-9-10-14-19,24-16-15-20(24)25)21(26)27-17-18-11-7-6-8-12-18/h6-8,11-12,19H,9-10,13-17H2,1-5H3/t23-/m1/s1. The topological polar surface area (TPSA) is 46.6 Å². The summed E-state index contributed by atoms with van der Waals surface area (Å²) in [7, 11) is -2.29. The number of carbonyl (C=O) groups excluding carboxylic acids is 2. The van der Waals surface area contributed by atoms with Gasteiger partial charge in [0.05, 0.1) is 8.07 Å². The van der Waals surface area contributed by atoms with Crippen LogP contribution in [0.5, 0.6) is 0 Å². The van der Waals surface area contributed by atoms with Gasteiger partial charge in [-0.25, -0.2) is 4.79 Å². The molecule has 1 amide bonds. The summed E-state index contributed by atoms with van der Waals surface area (Å²) >= 11 is 0. The number of β-lactam (4-membered cyclic amide) rings is 1. The average Bonchev–Trinajstić information content (AvgIpc) is 3.17. The Kier molecular flexibility index (Phi) is 5.77. The molecule has 4 nitrogen and oxygen atoms in total. The van der Waals surface area contributed by atoms with Crippen LogP contribution in [-0.4, -0.2) is 36.6 Å². The first kappa shape index (κ1) is 21.1. The number of rotatable bonds is 6. The van der Waals surface area contributed by atoms with Crippen LogP contribution in [0.25, 0.3) is 0 Å². The SMILES string of the molecule is CC(C)(C)[Si](C)(C)[C@@](C(=O)OCc1ccccc1)(C1CCCC1)N1CCC1=O. The molecule has 1 saturated carbocycles. The molecule has 1 aliphatic heterocycles. The molecule has 154 valence electrons. The fourth-order valence-electron chi connectivity index (χ4n) is 5.04. The molecule has 0 aromatic heterocycles. The summed E-state index contributed by atoms with van der Waals surface area (Å²) in [6.07, 6.45) is 4.84. The molecule has 5 heteroatoms. The molecule has 1 aromatic rings. The van der Waals surface area contributed by atoms with Gasteiger partial charge in [0.15, 0.2) is 0 Å².